The van der Waals surface area contributed by atoms with Crippen LogP contribution in [0.4, 0.5) is 4.39 Å². The van der Waals surface area contributed by atoms with Gasteiger partial charge in [-0.2, -0.15) is 5.10 Å². The van der Waals surface area contributed by atoms with Crippen LogP contribution in [0.3, 0.4) is 0 Å². The molecule has 0 spiro atoms. The van der Waals surface area contributed by atoms with Crippen molar-refractivity contribution in [3.8, 4) is 28.3 Å². The van der Waals surface area contributed by atoms with E-state index in [1.807, 2.05) is 19.3 Å². The predicted molar refractivity (Wildman–Crippen MR) is 85.4 cm³/mol. The van der Waals surface area contributed by atoms with E-state index in [0.29, 0.717) is 10.9 Å². The van der Waals surface area contributed by atoms with Gasteiger partial charge in [-0.3, -0.25) is 9.67 Å². The first-order chi connectivity index (χ1) is 11.1. The number of fused-ring (bicyclic) bond motifs is 1. The van der Waals surface area contributed by atoms with E-state index in [0.717, 1.165) is 22.4 Å². The molecule has 2 N–H and O–H groups in total. The zero-order chi connectivity index (χ0) is 16.0. The third-order valence-corrected chi connectivity index (χ3v) is 3.80. The van der Waals surface area contributed by atoms with Crippen LogP contribution in [-0.4, -0.2) is 24.9 Å². The average Bonchev–Trinajstić information content (AvgIpc) is 3.12. The molecule has 3 aromatic heterocycles. The van der Waals surface area contributed by atoms with E-state index in [9.17, 15) is 9.50 Å². The van der Waals surface area contributed by atoms with E-state index in [1.54, 1.807) is 29.2 Å². The van der Waals surface area contributed by atoms with Crippen LogP contribution in [0, 0.1) is 5.82 Å². The molecule has 6 heteroatoms. The molecule has 0 atom stereocenters. The number of nitrogens with zero attached hydrogens (tertiary/aromatic N) is 3. The summed E-state index contributed by atoms with van der Waals surface area (Å²) in [7, 11) is 1.83. The van der Waals surface area contributed by atoms with E-state index < -0.39 is 0 Å². The summed E-state index contributed by atoms with van der Waals surface area (Å²) in [6, 6.07) is 8.03. The summed E-state index contributed by atoms with van der Waals surface area (Å²) >= 11 is 0. The first-order valence-electron chi connectivity index (χ1n) is 7.08. The smallest absolute Gasteiger partial charge is 0.198 e. The number of halogens is 1. The van der Waals surface area contributed by atoms with Gasteiger partial charge in [0.05, 0.1) is 10.9 Å². The number of nitrogens with one attached hydrogen (secondary N) is 1. The summed E-state index contributed by atoms with van der Waals surface area (Å²) in [5, 5.41) is 15.2. The summed E-state index contributed by atoms with van der Waals surface area (Å²) in [5.41, 5.74) is 3.87. The Morgan fingerprint density at radius 2 is 1.91 bits per heavy atom. The maximum Gasteiger partial charge on any atom is 0.198 e. The molecule has 0 fully saturated rings. The van der Waals surface area contributed by atoms with Crippen LogP contribution in [0.15, 0.2) is 48.9 Å². The van der Waals surface area contributed by atoms with E-state index in [-0.39, 0.29) is 11.7 Å². The molecule has 0 aliphatic rings. The summed E-state index contributed by atoms with van der Waals surface area (Å²) in [4.78, 5) is 7.02. The Kier molecular flexibility index (Phi) is 2.90. The topological polar surface area (TPSA) is 66.7 Å². The minimum absolute atomic E-state index is 0.0667. The van der Waals surface area contributed by atoms with Crippen molar-refractivity contribution in [2.24, 2.45) is 7.05 Å². The predicted octanol–water partition coefficient (Wildman–Crippen LogP) is 3.48. The van der Waals surface area contributed by atoms with Crippen molar-refractivity contribution in [2.45, 2.75) is 0 Å². The van der Waals surface area contributed by atoms with Gasteiger partial charge < -0.3 is 10.1 Å². The maximum absolute atomic E-state index is 13.2. The Bertz CT molecular complexity index is 1000. The number of H-pyrrole nitrogens is 1. The van der Waals surface area contributed by atoms with Crippen molar-refractivity contribution in [2.75, 3.05) is 0 Å². The molecular formula is C17H13FN4O. The quantitative estimate of drug-likeness (QED) is 0.596. The summed E-state index contributed by atoms with van der Waals surface area (Å²) < 4.78 is 14.9. The largest absolute Gasteiger partial charge is 0.494 e. The van der Waals surface area contributed by atoms with Gasteiger partial charge in [0.15, 0.2) is 5.88 Å². The van der Waals surface area contributed by atoms with Gasteiger partial charge in [0.2, 0.25) is 0 Å². The number of pyridine rings is 1. The van der Waals surface area contributed by atoms with Crippen molar-refractivity contribution in [1.29, 1.82) is 0 Å². The molecule has 3 heterocycles. The van der Waals surface area contributed by atoms with E-state index in [2.05, 4.69) is 15.1 Å². The molecule has 0 aliphatic carbocycles. The molecule has 0 aliphatic heterocycles. The second-order valence-electron chi connectivity index (χ2n) is 5.33. The zero-order valence-corrected chi connectivity index (χ0v) is 12.3. The maximum atomic E-state index is 13.2. The number of rotatable bonds is 2. The molecule has 0 radical (unpaired) electrons. The fourth-order valence-electron chi connectivity index (χ4n) is 2.78. The van der Waals surface area contributed by atoms with Crippen LogP contribution >= 0.6 is 0 Å². The van der Waals surface area contributed by atoms with Gasteiger partial charge in [-0.15, -0.1) is 0 Å². The lowest BCUT2D eigenvalue weighted by Gasteiger charge is -2.05. The van der Waals surface area contributed by atoms with E-state index in [1.165, 1.54) is 12.1 Å². The van der Waals surface area contributed by atoms with E-state index in [4.69, 9.17) is 0 Å². The highest BCUT2D eigenvalue weighted by molar-refractivity contribution is 6.00. The normalized spacial score (nSPS) is 11.2. The van der Waals surface area contributed by atoms with Gasteiger partial charge >= 0.3 is 0 Å². The second kappa shape index (κ2) is 4.95. The molecule has 0 bridgehead atoms. The van der Waals surface area contributed by atoms with Crippen molar-refractivity contribution in [3.05, 3.63) is 54.7 Å². The Morgan fingerprint density at radius 1 is 1.13 bits per heavy atom. The van der Waals surface area contributed by atoms with Crippen LogP contribution in [0.5, 0.6) is 5.88 Å². The average molecular weight is 308 g/mol. The number of aromatic amines is 1. The highest BCUT2D eigenvalue weighted by atomic mass is 19.1. The second-order valence-corrected chi connectivity index (χ2v) is 5.33. The molecule has 0 unspecified atom stereocenters. The lowest BCUT2D eigenvalue weighted by molar-refractivity contribution is 0.463. The molecule has 0 saturated heterocycles. The number of aryl methyl sites for hydroxylation is 1. The zero-order valence-electron chi connectivity index (χ0n) is 12.3. The Morgan fingerprint density at radius 3 is 2.70 bits per heavy atom. The van der Waals surface area contributed by atoms with Gasteiger partial charge in [0.25, 0.3) is 0 Å². The number of aromatic nitrogens is 4. The molecule has 1 aromatic carbocycles. The highest BCUT2D eigenvalue weighted by Gasteiger charge is 2.17. The Labute approximate surface area is 131 Å². The van der Waals surface area contributed by atoms with Crippen LogP contribution < -0.4 is 0 Å². The first kappa shape index (κ1) is 13.5. The molecule has 4 rings (SSSR count). The minimum atomic E-state index is -0.291. The van der Waals surface area contributed by atoms with Gasteiger partial charge in [-0.1, -0.05) is 0 Å². The fourth-order valence-corrected chi connectivity index (χ4v) is 2.78. The number of hydrogen-bond donors (Lipinski definition) is 2. The van der Waals surface area contributed by atoms with Gasteiger partial charge in [-0.25, -0.2) is 4.39 Å². The molecule has 4 aromatic rings. The third kappa shape index (κ3) is 2.15. The van der Waals surface area contributed by atoms with Crippen molar-refractivity contribution in [3.63, 3.8) is 0 Å². The van der Waals surface area contributed by atoms with Crippen molar-refractivity contribution in [1.82, 2.24) is 19.7 Å². The molecule has 114 valence electrons. The fraction of sp³-hybridized carbons (Fsp3) is 0.0588. The van der Waals surface area contributed by atoms with Crippen molar-refractivity contribution >= 4 is 10.9 Å². The Hall–Kier alpha value is -3.15. The summed E-state index contributed by atoms with van der Waals surface area (Å²) in [6.45, 7) is 0. The third-order valence-electron chi connectivity index (χ3n) is 3.80. The molecule has 0 saturated carbocycles. The first-order valence-corrected chi connectivity index (χ1v) is 7.08. The molecule has 0 amide bonds. The molecule has 5 nitrogen and oxygen atoms in total. The van der Waals surface area contributed by atoms with E-state index >= 15 is 0 Å². The Balaban J connectivity index is 1.99. The van der Waals surface area contributed by atoms with Crippen LogP contribution in [-0.2, 0) is 7.05 Å². The SMILES string of the molecule is Cn1cc(-c2ccnc3c[nH]c(O)c23)c(-c2ccc(F)cc2)n1. The van der Waals surface area contributed by atoms with Crippen LogP contribution in [0.1, 0.15) is 0 Å². The minimum Gasteiger partial charge on any atom is -0.494 e. The van der Waals surface area contributed by atoms with Crippen molar-refractivity contribution < 1.29 is 9.50 Å². The highest BCUT2D eigenvalue weighted by Crippen LogP contribution is 2.37. The molecule has 23 heavy (non-hydrogen) atoms. The monoisotopic (exact) mass is 308 g/mol. The standard InChI is InChI=1S/C17H13FN4O/c1-22-9-13(16(21-22)10-2-4-11(18)5-3-10)12-6-7-19-14-8-20-17(23)15(12)14/h2-9,20,23H,1H3. The van der Waals surface area contributed by atoms with Crippen LogP contribution in [0.25, 0.3) is 33.3 Å². The number of hydrogen-bond acceptors (Lipinski definition) is 3. The number of aromatic hydroxyl groups is 1. The number of benzene rings is 1. The van der Waals surface area contributed by atoms with Gasteiger partial charge in [-0.05, 0) is 30.3 Å². The van der Waals surface area contributed by atoms with Gasteiger partial charge in [0, 0.05) is 42.3 Å². The molecular weight excluding hydrogens is 295 g/mol. The lowest BCUT2D eigenvalue weighted by atomic mass is 10.00. The van der Waals surface area contributed by atoms with Crippen LogP contribution in [0.2, 0.25) is 0 Å². The summed E-state index contributed by atoms with van der Waals surface area (Å²) in [6.07, 6.45) is 5.22. The van der Waals surface area contributed by atoms with Gasteiger partial charge in [0.1, 0.15) is 11.5 Å². The summed E-state index contributed by atoms with van der Waals surface area (Å²) in [5.74, 6) is -0.224. The lowest BCUT2D eigenvalue weighted by Crippen LogP contribution is -1.88.